The molecule has 1 fully saturated rings. The number of rotatable bonds is 3. The van der Waals surface area contributed by atoms with Crippen LogP contribution in [0.15, 0.2) is 6.07 Å². The number of halogens is 2. The van der Waals surface area contributed by atoms with E-state index in [4.69, 9.17) is 27.9 Å². The lowest BCUT2D eigenvalue weighted by Crippen LogP contribution is -2.06. The van der Waals surface area contributed by atoms with Crippen LogP contribution in [0.1, 0.15) is 25.1 Å². The molecule has 0 spiro atoms. The number of nitrogens with zero attached hydrogens (tertiary/aromatic N) is 2. The average Bonchev–Trinajstić information content (AvgIpc) is 2.96. The van der Waals surface area contributed by atoms with Crippen molar-refractivity contribution in [3.8, 4) is 0 Å². The Morgan fingerprint density at radius 1 is 1.39 bits per heavy atom. The minimum Gasteiger partial charge on any atom is -0.378 e. The summed E-state index contributed by atoms with van der Waals surface area (Å²) >= 11 is 11.8. The summed E-state index contributed by atoms with van der Waals surface area (Å²) in [5.74, 6) is 0.909. The Morgan fingerprint density at radius 3 is 3.06 bits per heavy atom. The Labute approximate surface area is 115 Å². The molecule has 0 bridgehead atoms. The fourth-order valence-electron chi connectivity index (χ4n) is 2.23. The van der Waals surface area contributed by atoms with Gasteiger partial charge >= 0.3 is 0 Å². The molecule has 4 nitrogen and oxygen atoms in total. The third-order valence-electron chi connectivity index (χ3n) is 3.16. The van der Waals surface area contributed by atoms with Crippen LogP contribution in [0.3, 0.4) is 0 Å². The van der Waals surface area contributed by atoms with Crippen molar-refractivity contribution in [2.24, 2.45) is 0 Å². The lowest BCUT2D eigenvalue weighted by molar-refractivity contribution is 0.104. The summed E-state index contributed by atoms with van der Waals surface area (Å²) < 4.78 is 5.59. The molecule has 2 aromatic rings. The molecule has 6 heteroatoms. The van der Waals surface area contributed by atoms with Gasteiger partial charge in [-0.25, -0.2) is 9.97 Å². The molecule has 1 aliphatic heterocycles. The molecular formula is C12H13Cl2N3O. The van der Waals surface area contributed by atoms with Gasteiger partial charge in [-0.15, -0.1) is 0 Å². The number of aromatic nitrogens is 3. The molecule has 1 atom stereocenters. The topological polar surface area (TPSA) is 50.8 Å². The Kier molecular flexibility index (Phi) is 3.41. The predicted octanol–water partition coefficient (Wildman–Crippen LogP) is 3.38. The first-order valence-corrected chi connectivity index (χ1v) is 6.80. The van der Waals surface area contributed by atoms with Crippen LogP contribution in [-0.2, 0) is 11.2 Å². The molecule has 0 radical (unpaired) electrons. The van der Waals surface area contributed by atoms with Crippen molar-refractivity contribution in [3.05, 3.63) is 22.1 Å². The van der Waals surface area contributed by atoms with E-state index < -0.39 is 0 Å². The van der Waals surface area contributed by atoms with Gasteiger partial charge < -0.3 is 9.72 Å². The highest BCUT2D eigenvalue weighted by Crippen LogP contribution is 2.24. The highest BCUT2D eigenvalue weighted by molar-refractivity contribution is 6.41. The summed E-state index contributed by atoms with van der Waals surface area (Å²) in [5, 5.41) is 0.736. The standard InChI is InChI=1S/C12H13Cl2N3O/c13-8-6-9-12(17-11(8)14)16-10(15-9)4-3-7-2-1-5-18-7/h6-7H,1-5H2,(H,15,16,17). The van der Waals surface area contributed by atoms with Crippen molar-refractivity contribution in [2.45, 2.75) is 31.8 Å². The molecule has 0 aromatic carbocycles. The summed E-state index contributed by atoms with van der Waals surface area (Å²) in [5.41, 5.74) is 1.44. The van der Waals surface area contributed by atoms with E-state index in [1.165, 1.54) is 0 Å². The summed E-state index contributed by atoms with van der Waals surface area (Å²) in [4.78, 5) is 11.8. The zero-order chi connectivity index (χ0) is 12.5. The van der Waals surface area contributed by atoms with E-state index in [2.05, 4.69) is 15.0 Å². The van der Waals surface area contributed by atoms with Gasteiger partial charge in [0.2, 0.25) is 0 Å². The van der Waals surface area contributed by atoms with Crippen molar-refractivity contribution >= 4 is 34.4 Å². The number of aromatic amines is 1. The van der Waals surface area contributed by atoms with Gasteiger partial charge in [-0.2, -0.15) is 0 Å². The predicted molar refractivity (Wildman–Crippen MR) is 71.2 cm³/mol. The highest BCUT2D eigenvalue weighted by Gasteiger charge is 2.16. The van der Waals surface area contributed by atoms with Gasteiger partial charge in [0.15, 0.2) is 5.65 Å². The molecule has 1 saturated heterocycles. The van der Waals surface area contributed by atoms with Crippen molar-refractivity contribution in [2.75, 3.05) is 6.61 Å². The van der Waals surface area contributed by atoms with Gasteiger partial charge in [0.1, 0.15) is 11.0 Å². The summed E-state index contributed by atoms with van der Waals surface area (Å²) in [6.07, 6.45) is 4.53. The van der Waals surface area contributed by atoms with Crippen LogP contribution >= 0.6 is 23.2 Å². The van der Waals surface area contributed by atoms with E-state index in [9.17, 15) is 0 Å². The van der Waals surface area contributed by atoms with Crippen molar-refractivity contribution in [1.29, 1.82) is 0 Å². The van der Waals surface area contributed by atoms with Crippen LogP contribution < -0.4 is 0 Å². The number of hydrogen-bond acceptors (Lipinski definition) is 3. The van der Waals surface area contributed by atoms with Gasteiger partial charge in [-0.05, 0) is 25.3 Å². The number of imidazole rings is 1. The maximum atomic E-state index is 5.92. The Hall–Kier alpha value is -0.840. The molecule has 18 heavy (non-hydrogen) atoms. The van der Waals surface area contributed by atoms with Gasteiger partial charge in [0.25, 0.3) is 0 Å². The number of H-pyrrole nitrogens is 1. The quantitative estimate of drug-likeness (QED) is 0.880. The van der Waals surface area contributed by atoms with Crippen molar-refractivity contribution < 1.29 is 4.74 Å². The normalized spacial score (nSPS) is 19.8. The van der Waals surface area contributed by atoms with Gasteiger partial charge in [-0.3, -0.25) is 0 Å². The lowest BCUT2D eigenvalue weighted by Gasteiger charge is -2.06. The first-order chi connectivity index (χ1) is 8.72. The molecular weight excluding hydrogens is 273 g/mol. The molecule has 1 aliphatic rings. The zero-order valence-electron chi connectivity index (χ0n) is 9.75. The number of hydrogen-bond donors (Lipinski definition) is 1. The second-order valence-electron chi connectivity index (χ2n) is 4.49. The SMILES string of the molecule is Clc1cc2[nH]c(CCC3CCCO3)nc2nc1Cl. The summed E-state index contributed by atoms with van der Waals surface area (Å²) in [6, 6.07) is 1.76. The Morgan fingerprint density at radius 2 is 2.28 bits per heavy atom. The molecule has 0 saturated carbocycles. The molecule has 3 heterocycles. The van der Waals surface area contributed by atoms with Crippen molar-refractivity contribution in [1.82, 2.24) is 15.0 Å². The number of nitrogens with one attached hydrogen (secondary N) is 1. The lowest BCUT2D eigenvalue weighted by atomic mass is 10.1. The monoisotopic (exact) mass is 285 g/mol. The van der Waals surface area contributed by atoms with E-state index in [-0.39, 0.29) is 0 Å². The van der Waals surface area contributed by atoms with E-state index in [0.717, 1.165) is 43.6 Å². The Bertz CT molecular complexity index is 525. The van der Waals surface area contributed by atoms with Crippen LogP contribution in [0.4, 0.5) is 0 Å². The van der Waals surface area contributed by atoms with Gasteiger partial charge in [-0.1, -0.05) is 23.2 Å². The Balaban J connectivity index is 1.76. The second kappa shape index (κ2) is 5.03. The molecule has 0 aliphatic carbocycles. The molecule has 96 valence electrons. The first-order valence-electron chi connectivity index (χ1n) is 6.04. The third-order valence-corrected chi connectivity index (χ3v) is 3.83. The van der Waals surface area contributed by atoms with Crippen LogP contribution in [0, 0.1) is 0 Å². The first kappa shape index (κ1) is 12.2. The van der Waals surface area contributed by atoms with Crippen LogP contribution in [0.5, 0.6) is 0 Å². The second-order valence-corrected chi connectivity index (χ2v) is 5.25. The van der Waals surface area contributed by atoms with Crippen LogP contribution in [-0.4, -0.2) is 27.7 Å². The van der Waals surface area contributed by atoms with E-state index in [0.29, 0.717) is 21.9 Å². The summed E-state index contributed by atoms with van der Waals surface area (Å²) in [7, 11) is 0. The smallest absolute Gasteiger partial charge is 0.179 e. The minimum atomic E-state index is 0.293. The summed E-state index contributed by atoms with van der Waals surface area (Å²) in [6.45, 7) is 0.886. The maximum absolute atomic E-state index is 5.92. The number of pyridine rings is 1. The molecule has 1 unspecified atom stereocenters. The van der Waals surface area contributed by atoms with Gasteiger partial charge in [0.05, 0.1) is 16.6 Å². The van der Waals surface area contributed by atoms with E-state index >= 15 is 0 Å². The average molecular weight is 286 g/mol. The van der Waals surface area contributed by atoms with E-state index in [1.54, 1.807) is 6.07 Å². The number of fused-ring (bicyclic) bond motifs is 1. The minimum absolute atomic E-state index is 0.293. The van der Waals surface area contributed by atoms with Crippen LogP contribution in [0.2, 0.25) is 10.2 Å². The molecule has 1 N–H and O–H groups in total. The maximum Gasteiger partial charge on any atom is 0.179 e. The molecule has 2 aromatic heterocycles. The number of aryl methyl sites for hydroxylation is 1. The van der Waals surface area contributed by atoms with E-state index in [1.807, 2.05) is 0 Å². The van der Waals surface area contributed by atoms with Crippen molar-refractivity contribution in [3.63, 3.8) is 0 Å². The fraction of sp³-hybridized carbons (Fsp3) is 0.500. The molecule has 0 amide bonds. The highest BCUT2D eigenvalue weighted by atomic mass is 35.5. The third kappa shape index (κ3) is 2.46. The largest absolute Gasteiger partial charge is 0.378 e. The van der Waals surface area contributed by atoms with Gasteiger partial charge in [0, 0.05) is 13.0 Å². The molecule has 3 rings (SSSR count). The number of ether oxygens (including phenoxy) is 1. The fourth-order valence-corrected chi connectivity index (χ4v) is 2.52. The van der Waals surface area contributed by atoms with Crippen LogP contribution in [0.25, 0.3) is 11.2 Å². The zero-order valence-corrected chi connectivity index (χ0v) is 11.3.